The minimum Gasteiger partial charge on any atom is -0.435 e. The van der Waals surface area contributed by atoms with Crippen LogP contribution in [-0.4, -0.2) is 58.1 Å². The molecular weight excluding hydrogens is 368 g/mol. The molecule has 142 valence electrons. The standard InChI is InChI=1S/C16H19F2N5O2.ClH/c1-10-9-22(8-7-19-10)15(24)14-11(2)23(21-20-14)12-3-5-13(6-4-12)25-16(17)18;/h3-6,10,16,19H,7-9H2,1-2H3;1H. The van der Waals surface area contributed by atoms with Crippen molar-refractivity contribution >= 4 is 18.3 Å². The molecule has 1 saturated heterocycles. The molecule has 2 heterocycles. The van der Waals surface area contributed by atoms with Crippen LogP contribution in [0.25, 0.3) is 5.69 Å². The number of benzene rings is 1. The Kier molecular flexibility index (Phi) is 6.49. The lowest BCUT2D eigenvalue weighted by Gasteiger charge is -2.31. The molecule has 0 spiro atoms. The zero-order valence-corrected chi connectivity index (χ0v) is 15.2. The number of amides is 1. The summed E-state index contributed by atoms with van der Waals surface area (Å²) in [7, 11) is 0. The van der Waals surface area contributed by atoms with E-state index in [0.29, 0.717) is 30.2 Å². The highest BCUT2D eigenvalue weighted by molar-refractivity contribution is 5.93. The van der Waals surface area contributed by atoms with Crippen LogP contribution < -0.4 is 10.1 Å². The fraction of sp³-hybridized carbons (Fsp3) is 0.438. The molecule has 10 heteroatoms. The van der Waals surface area contributed by atoms with Crippen molar-refractivity contribution < 1.29 is 18.3 Å². The van der Waals surface area contributed by atoms with Crippen LogP contribution in [0.15, 0.2) is 24.3 Å². The van der Waals surface area contributed by atoms with E-state index < -0.39 is 6.61 Å². The van der Waals surface area contributed by atoms with Crippen molar-refractivity contribution in [3.8, 4) is 11.4 Å². The molecule has 3 rings (SSSR count). The summed E-state index contributed by atoms with van der Waals surface area (Å²) in [4.78, 5) is 14.4. The Morgan fingerprint density at radius 2 is 2.04 bits per heavy atom. The van der Waals surface area contributed by atoms with E-state index >= 15 is 0 Å². The van der Waals surface area contributed by atoms with Gasteiger partial charge in [-0.2, -0.15) is 8.78 Å². The zero-order chi connectivity index (χ0) is 18.0. The van der Waals surface area contributed by atoms with Gasteiger partial charge in [-0.1, -0.05) is 5.21 Å². The minimum absolute atomic E-state index is 0. The van der Waals surface area contributed by atoms with Gasteiger partial charge in [0.2, 0.25) is 0 Å². The van der Waals surface area contributed by atoms with Gasteiger partial charge < -0.3 is 15.0 Å². The number of carbonyl (C=O) groups is 1. The highest BCUT2D eigenvalue weighted by atomic mass is 35.5. The molecular formula is C16H20ClF2N5O2. The maximum Gasteiger partial charge on any atom is 0.387 e. The second-order valence-electron chi connectivity index (χ2n) is 5.91. The van der Waals surface area contributed by atoms with Crippen molar-refractivity contribution in [1.82, 2.24) is 25.2 Å². The van der Waals surface area contributed by atoms with Crippen LogP contribution in [0, 0.1) is 6.92 Å². The first-order chi connectivity index (χ1) is 12.0. The van der Waals surface area contributed by atoms with Crippen molar-refractivity contribution in [3.63, 3.8) is 0 Å². The highest BCUT2D eigenvalue weighted by Crippen LogP contribution is 2.19. The summed E-state index contributed by atoms with van der Waals surface area (Å²) in [5, 5.41) is 11.3. The van der Waals surface area contributed by atoms with Crippen molar-refractivity contribution in [1.29, 1.82) is 0 Å². The number of piperazine rings is 1. The average Bonchev–Trinajstić information content (AvgIpc) is 2.96. The largest absolute Gasteiger partial charge is 0.435 e. The van der Waals surface area contributed by atoms with E-state index in [2.05, 4.69) is 20.4 Å². The maximum atomic E-state index is 12.7. The molecule has 1 aliphatic rings. The third kappa shape index (κ3) is 4.28. The van der Waals surface area contributed by atoms with Gasteiger partial charge in [-0.15, -0.1) is 17.5 Å². The summed E-state index contributed by atoms with van der Waals surface area (Å²) in [6, 6.07) is 6.24. The van der Waals surface area contributed by atoms with Crippen molar-refractivity contribution in [3.05, 3.63) is 35.7 Å². The Bertz CT molecular complexity index is 754. The summed E-state index contributed by atoms with van der Waals surface area (Å²) in [5.41, 5.74) is 1.50. The number of hydrogen-bond donors (Lipinski definition) is 1. The first-order valence-corrected chi connectivity index (χ1v) is 7.96. The number of carbonyl (C=O) groups excluding carboxylic acids is 1. The lowest BCUT2D eigenvalue weighted by atomic mass is 10.2. The molecule has 1 aromatic carbocycles. The van der Waals surface area contributed by atoms with Crippen LogP contribution in [0.5, 0.6) is 5.75 Å². The average molecular weight is 388 g/mol. The lowest BCUT2D eigenvalue weighted by Crippen LogP contribution is -2.51. The van der Waals surface area contributed by atoms with Crippen LogP contribution in [-0.2, 0) is 0 Å². The van der Waals surface area contributed by atoms with Crippen LogP contribution in [0.3, 0.4) is 0 Å². The predicted octanol–water partition coefficient (Wildman–Crippen LogP) is 2.03. The molecule has 26 heavy (non-hydrogen) atoms. The van der Waals surface area contributed by atoms with E-state index in [1.54, 1.807) is 24.0 Å². The van der Waals surface area contributed by atoms with E-state index in [1.165, 1.54) is 16.8 Å². The number of hydrogen-bond acceptors (Lipinski definition) is 5. The Hall–Kier alpha value is -2.26. The quantitative estimate of drug-likeness (QED) is 0.869. The number of alkyl halides is 2. The normalized spacial score (nSPS) is 17.1. The van der Waals surface area contributed by atoms with E-state index in [9.17, 15) is 13.6 Å². The van der Waals surface area contributed by atoms with Crippen LogP contribution in [0.2, 0.25) is 0 Å². The summed E-state index contributed by atoms with van der Waals surface area (Å²) in [6.07, 6.45) is 0. The fourth-order valence-electron chi connectivity index (χ4n) is 2.81. The summed E-state index contributed by atoms with van der Waals surface area (Å²) in [6.45, 7) is 2.88. The second kappa shape index (κ2) is 8.41. The van der Waals surface area contributed by atoms with E-state index in [1.807, 2.05) is 6.92 Å². The van der Waals surface area contributed by atoms with Gasteiger partial charge >= 0.3 is 6.61 Å². The molecule has 7 nitrogen and oxygen atoms in total. The topological polar surface area (TPSA) is 72.3 Å². The molecule has 1 aliphatic heterocycles. The number of halogens is 3. The molecule has 1 fully saturated rings. The van der Waals surface area contributed by atoms with Crippen molar-refractivity contribution in [2.75, 3.05) is 19.6 Å². The first kappa shape index (κ1) is 20.1. The van der Waals surface area contributed by atoms with Crippen molar-refractivity contribution in [2.45, 2.75) is 26.5 Å². The Morgan fingerprint density at radius 3 is 2.65 bits per heavy atom. The fourth-order valence-corrected chi connectivity index (χ4v) is 2.81. The van der Waals surface area contributed by atoms with Crippen LogP contribution in [0.1, 0.15) is 23.1 Å². The minimum atomic E-state index is -2.87. The number of aromatic nitrogens is 3. The molecule has 2 aromatic rings. The smallest absolute Gasteiger partial charge is 0.387 e. The van der Waals surface area contributed by atoms with Crippen LogP contribution in [0.4, 0.5) is 8.78 Å². The molecule has 0 aliphatic carbocycles. The number of nitrogens with one attached hydrogen (secondary N) is 1. The van der Waals surface area contributed by atoms with Gasteiger partial charge in [0.1, 0.15) is 5.75 Å². The maximum absolute atomic E-state index is 12.7. The summed E-state index contributed by atoms with van der Waals surface area (Å²) >= 11 is 0. The third-order valence-corrected chi connectivity index (χ3v) is 4.06. The molecule has 0 bridgehead atoms. The summed E-state index contributed by atoms with van der Waals surface area (Å²) in [5.74, 6) is -0.0997. The Labute approximate surface area is 155 Å². The van der Waals surface area contributed by atoms with Gasteiger partial charge in [-0.3, -0.25) is 4.79 Å². The Balaban J connectivity index is 0.00000243. The molecule has 1 aromatic heterocycles. The highest BCUT2D eigenvalue weighted by Gasteiger charge is 2.26. The SMILES string of the molecule is Cc1c(C(=O)N2CCNC(C)C2)nnn1-c1ccc(OC(F)F)cc1.Cl. The van der Waals surface area contributed by atoms with E-state index in [0.717, 1.165) is 6.54 Å². The molecule has 1 amide bonds. The number of rotatable bonds is 4. The molecule has 0 saturated carbocycles. The summed E-state index contributed by atoms with van der Waals surface area (Å²) < 4.78 is 30.2. The first-order valence-electron chi connectivity index (χ1n) is 7.96. The Morgan fingerprint density at radius 1 is 1.35 bits per heavy atom. The van der Waals surface area contributed by atoms with Gasteiger partial charge in [0.25, 0.3) is 5.91 Å². The monoisotopic (exact) mass is 387 g/mol. The van der Waals surface area contributed by atoms with Gasteiger partial charge in [0.05, 0.1) is 11.4 Å². The molecule has 1 unspecified atom stereocenters. The lowest BCUT2D eigenvalue weighted by molar-refractivity contribution is -0.0498. The van der Waals surface area contributed by atoms with E-state index in [4.69, 9.17) is 0 Å². The number of ether oxygens (including phenoxy) is 1. The molecule has 0 radical (unpaired) electrons. The van der Waals surface area contributed by atoms with Gasteiger partial charge in [-0.25, -0.2) is 4.68 Å². The molecule has 1 N–H and O–H groups in total. The zero-order valence-electron chi connectivity index (χ0n) is 14.4. The van der Waals surface area contributed by atoms with E-state index in [-0.39, 0.29) is 30.1 Å². The van der Waals surface area contributed by atoms with Crippen molar-refractivity contribution in [2.24, 2.45) is 0 Å². The number of nitrogens with zero attached hydrogens (tertiary/aromatic N) is 4. The van der Waals surface area contributed by atoms with Crippen LogP contribution >= 0.6 is 12.4 Å². The third-order valence-electron chi connectivity index (χ3n) is 4.06. The predicted molar refractivity (Wildman–Crippen MR) is 93.3 cm³/mol. The second-order valence-corrected chi connectivity index (χ2v) is 5.91. The molecule has 1 atom stereocenters. The van der Waals surface area contributed by atoms with Gasteiger partial charge in [-0.05, 0) is 38.1 Å². The van der Waals surface area contributed by atoms with Gasteiger partial charge in [0.15, 0.2) is 5.69 Å². The van der Waals surface area contributed by atoms with Gasteiger partial charge in [0, 0.05) is 25.7 Å².